The molecule has 130 valence electrons. The molecular weight excluding hydrogens is 324 g/mol. The van der Waals surface area contributed by atoms with Gasteiger partial charge < -0.3 is 10.6 Å². The van der Waals surface area contributed by atoms with Crippen molar-refractivity contribution in [1.29, 1.82) is 0 Å². The van der Waals surface area contributed by atoms with Gasteiger partial charge >= 0.3 is 0 Å². The average molecular weight is 348 g/mol. The highest BCUT2D eigenvalue weighted by Crippen LogP contribution is 2.28. The van der Waals surface area contributed by atoms with Gasteiger partial charge in [-0.2, -0.15) is 5.10 Å². The molecular formula is C16H24N6OS. The van der Waals surface area contributed by atoms with Crippen molar-refractivity contribution in [2.24, 2.45) is 5.92 Å². The summed E-state index contributed by atoms with van der Waals surface area (Å²) < 4.78 is 1.84. The molecule has 7 nitrogen and oxygen atoms in total. The normalized spacial score (nSPS) is 14.3. The third kappa shape index (κ3) is 3.98. The van der Waals surface area contributed by atoms with E-state index in [1.165, 1.54) is 0 Å². The average Bonchev–Trinajstić information content (AvgIpc) is 3.30. The number of aromatic nitrogens is 4. The number of carbonyl (C=O) groups is 1. The van der Waals surface area contributed by atoms with Gasteiger partial charge in [-0.3, -0.25) is 4.79 Å². The molecule has 1 amide bonds. The molecule has 0 aliphatic heterocycles. The SMILES string of the molecule is CCSc1nc(NC(C)C)c2cnn(CCNC(=O)C3CC3)c2n1. The van der Waals surface area contributed by atoms with Gasteiger partial charge in [-0.25, -0.2) is 14.6 Å². The Balaban J connectivity index is 1.79. The summed E-state index contributed by atoms with van der Waals surface area (Å²) in [5.41, 5.74) is 0.810. The summed E-state index contributed by atoms with van der Waals surface area (Å²) in [6.45, 7) is 7.42. The van der Waals surface area contributed by atoms with E-state index in [-0.39, 0.29) is 17.9 Å². The highest BCUT2D eigenvalue weighted by molar-refractivity contribution is 7.99. The molecule has 24 heavy (non-hydrogen) atoms. The van der Waals surface area contributed by atoms with Gasteiger partial charge in [0, 0.05) is 18.5 Å². The first kappa shape index (κ1) is 17.0. The smallest absolute Gasteiger partial charge is 0.223 e. The largest absolute Gasteiger partial charge is 0.367 e. The maximum absolute atomic E-state index is 11.7. The second-order valence-electron chi connectivity index (χ2n) is 6.26. The third-order valence-corrected chi connectivity index (χ3v) is 4.47. The van der Waals surface area contributed by atoms with Crippen LogP contribution in [0.5, 0.6) is 0 Å². The number of rotatable bonds is 8. The lowest BCUT2D eigenvalue weighted by Crippen LogP contribution is -2.28. The van der Waals surface area contributed by atoms with Crippen molar-refractivity contribution in [1.82, 2.24) is 25.1 Å². The van der Waals surface area contributed by atoms with Crippen LogP contribution in [0.2, 0.25) is 0 Å². The van der Waals surface area contributed by atoms with Crippen LogP contribution in [0, 0.1) is 5.92 Å². The predicted octanol–water partition coefficient (Wildman–Crippen LogP) is 2.28. The van der Waals surface area contributed by atoms with Crippen LogP contribution in [0.1, 0.15) is 33.6 Å². The van der Waals surface area contributed by atoms with Gasteiger partial charge in [0.15, 0.2) is 10.8 Å². The number of anilines is 1. The lowest BCUT2D eigenvalue weighted by atomic mass is 10.3. The quantitative estimate of drug-likeness (QED) is 0.562. The number of amides is 1. The van der Waals surface area contributed by atoms with Gasteiger partial charge in [-0.1, -0.05) is 18.7 Å². The van der Waals surface area contributed by atoms with Crippen LogP contribution in [0.4, 0.5) is 5.82 Å². The molecule has 1 aliphatic rings. The monoisotopic (exact) mass is 348 g/mol. The van der Waals surface area contributed by atoms with E-state index in [4.69, 9.17) is 0 Å². The van der Waals surface area contributed by atoms with E-state index in [1.54, 1.807) is 18.0 Å². The number of hydrogen-bond acceptors (Lipinski definition) is 6. The molecule has 0 aromatic carbocycles. The van der Waals surface area contributed by atoms with Gasteiger partial charge in [0.1, 0.15) is 5.82 Å². The van der Waals surface area contributed by atoms with Crippen molar-refractivity contribution in [3.05, 3.63) is 6.20 Å². The molecule has 8 heteroatoms. The van der Waals surface area contributed by atoms with Crippen LogP contribution < -0.4 is 10.6 Å². The molecule has 1 fully saturated rings. The molecule has 3 rings (SSSR count). The molecule has 0 spiro atoms. The van der Waals surface area contributed by atoms with Crippen molar-refractivity contribution in [2.75, 3.05) is 17.6 Å². The summed E-state index contributed by atoms with van der Waals surface area (Å²) in [6.07, 6.45) is 3.83. The molecule has 1 aliphatic carbocycles. The first-order valence-corrected chi connectivity index (χ1v) is 9.47. The summed E-state index contributed by atoms with van der Waals surface area (Å²) >= 11 is 1.61. The Morgan fingerprint density at radius 3 is 2.88 bits per heavy atom. The first-order chi connectivity index (χ1) is 11.6. The van der Waals surface area contributed by atoms with Crippen LogP contribution in [-0.2, 0) is 11.3 Å². The summed E-state index contributed by atoms with van der Waals surface area (Å²) in [4.78, 5) is 21.0. The fraction of sp³-hybridized carbons (Fsp3) is 0.625. The van der Waals surface area contributed by atoms with E-state index >= 15 is 0 Å². The highest BCUT2D eigenvalue weighted by Gasteiger charge is 2.29. The van der Waals surface area contributed by atoms with Gasteiger partial charge in [0.25, 0.3) is 0 Å². The summed E-state index contributed by atoms with van der Waals surface area (Å²) in [5.74, 6) is 2.12. The zero-order chi connectivity index (χ0) is 17.1. The van der Waals surface area contributed by atoms with E-state index in [2.05, 4.69) is 46.5 Å². The predicted molar refractivity (Wildman–Crippen MR) is 96.2 cm³/mol. The van der Waals surface area contributed by atoms with Gasteiger partial charge in [-0.15, -0.1) is 0 Å². The van der Waals surface area contributed by atoms with Crippen LogP contribution in [0.15, 0.2) is 11.4 Å². The summed E-state index contributed by atoms with van der Waals surface area (Å²) in [6, 6.07) is 0.281. The van der Waals surface area contributed by atoms with Crippen molar-refractivity contribution in [2.45, 2.75) is 51.4 Å². The topological polar surface area (TPSA) is 84.7 Å². The second-order valence-corrected chi connectivity index (χ2v) is 7.49. The Labute approximate surface area is 146 Å². The third-order valence-electron chi connectivity index (χ3n) is 3.75. The zero-order valence-electron chi connectivity index (χ0n) is 14.4. The molecule has 1 saturated carbocycles. The number of thioether (sulfide) groups is 1. The zero-order valence-corrected chi connectivity index (χ0v) is 15.2. The number of nitrogens with zero attached hydrogens (tertiary/aromatic N) is 4. The highest BCUT2D eigenvalue weighted by atomic mass is 32.2. The first-order valence-electron chi connectivity index (χ1n) is 8.49. The fourth-order valence-corrected chi connectivity index (χ4v) is 3.02. The lowest BCUT2D eigenvalue weighted by molar-refractivity contribution is -0.122. The minimum absolute atomic E-state index is 0.158. The molecule has 0 radical (unpaired) electrons. The van der Waals surface area contributed by atoms with E-state index in [0.717, 1.165) is 40.6 Å². The van der Waals surface area contributed by atoms with Crippen LogP contribution in [-0.4, -0.2) is 44.0 Å². The maximum Gasteiger partial charge on any atom is 0.223 e. The van der Waals surface area contributed by atoms with Gasteiger partial charge in [0.05, 0.1) is 18.1 Å². The maximum atomic E-state index is 11.7. The number of hydrogen-bond donors (Lipinski definition) is 2. The Morgan fingerprint density at radius 2 is 2.21 bits per heavy atom. The van der Waals surface area contributed by atoms with Crippen molar-refractivity contribution < 1.29 is 4.79 Å². The fourth-order valence-electron chi connectivity index (χ4n) is 2.45. The molecule has 2 heterocycles. The Hall–Kier alpha value is -1.83. The van der Waals surface area contributed by atoms with E-state index in [1.807, 2.05) is 4.68 Å². The molecule has 2 aromatic heterocycles. The lowest BCUT2D eigenvalue weighted by Gasteiger charge is -2.11. The molecule has 2 N–H and O–H groups in total. The Morgan fingerprint density at radius 1 is 1.42 bits per heavy atom. The van der Waals surface area contributed by atoms with E-state index < -0.39 is 0 Å². The minimum Gasteiger partial charge on any atom is -0.367 e. The number of nitrogens with one attached hydrogen (secondary N) is 2. The number of carbonyl (C=O) groups excluding carboxylic acids is 1. The van der Waals surface area contributed by atoms with Crippen LogP contribution in [0.3, 0.4) is 0 Å². The van der Waals surface area contributed by atoms with E-state index in [0.29, 0.717) is 13.1 Å². The molecule has 0 unspecified atom stereocenters. The molecule has 0 atom stereocenters. The van der Waals surface area contributed by atoms with Crippen molar-refractivity contribution in [3.63, 3.8) is 0 Å². The molecule has 2 aromatic rings. The van der Waals surface area contributed by atoms with Gasteiger partial charge in [0.2, 0.25) is 5.91 Å². The standard InChI is InChI=1S/C16H24N6OS/c1-4-24-16-20-13(19-10(2)3)12-9-18-22(14(12)21-16)8-7-17-15(23)11-5-6-11/h9-11H,4-8H2,1-3H3,(H,17,23)(H,19,20,21). The molecule has 0 saturated heterocycles. The van der Waals surface area contributed by atoms with Crippen molar-refractivity contribution >= 4 is 34.5 Å². The minimum atomic E-state index is 0.158. The second kappa shape index (κ2) is 7.38. The van der Waals surface area contributed by atoms with E-state index in [9.17, 15) is 4.79 Å². The van der Waals surface area contributed by atoms with Crippen LogP contribution >= 0.6 is 11.8 Å². The van der Waals surface area contributed by atoms with Crippen molar-refractivity contribution in [3.8, 4) is 0 Å². The molecule has 0 bridgehead atoms. The summed E-state index contributed by atoms with van der Waals surface area (Å²) in [5, 5.41) is 12.4. The van der Waals surface area contributed by atoms with Crippen LogP contribution in [0.25, 0.3) is 11.0 Å². The number of fused-ring (bicyclic) bond motifs is 1. The summed E-state index contributed by atoms with van der Waals surface area (Å²) in [7, 11) is 0. The Bertz CT molecular complexity index is 725. The van der Waals surface area contributed by atoms with Gasteiger partial charge in [-0.05, 0) is 32.4 Å². The Kier molecular flexibility index (Phi) is 5.23.